The Morgan fingerprint density at radius 3 is 2.56 bits per heavy atom. The predicted octanol–water partition coefficient (Wildman–Crippen LogP) is 4.43. The molecule has 0 atom stereocenters. The summed E-state index contributed by atoms with van der Waals surface area (Å²) >= 11 is 6.90. The molecule has 0 N–H and O–H groups in total. The molecule has 0 heterocycles. The summed E-state index contributed by atoms with van der Waals surface area (Å²) in [6.07, 6.45) is -0.396. The Kier molecular flexibility index (Phi) is 3.92. The van der Waals surface area contributed by atoms with Crippen molar-refractivity contribution in [3.05, 3.63) is 39.3 Å². The summed E-state index contributed by atoms with van der Waals surface area (Å²) in [7, 11) is 3.29. The van der Waals surface area contributed by atoms with E-state index in [0.29, 0.717) is 5.75 Å². The molecule has 0 aliphatic heterocycles. The first-order valence-electron chi connectivity index (χ1n) is 5.26. The average molecular weight is 373 g/mol. The van der Waals surface area contributed by atoms with Crippen LogP contribution in [-0.4, -0.2) is 25.1 Å². The van der Waals surface area contributed by atoms with Gasteiger partial charge in [0.05, 0.1) is 4.47 Å². The van der Waals surface area contributed by atoms with Gasteiger partial charge in [0.25, 0.3) is 0 Å². The zero-order valence-corrected chi connectivity index (χ0v) is 13.1. The van der Waals surface area contributed by atoms with Crippen LogP contribution < -0.4 is 4.74 Å². The molecule has 0 saturated carbocycles. The van der Waals surface area contributed by atoms with Gasteiger partial charge in [0.15, 0.2) is 0 Å². The van der Waals surface area contributed by atoms with Gasteiger partial charge in [-0.3, -0.25) is 0 Å². The third kappa shape index (κ3) is 2.67. The Morgan fingerprint density at radius 2 is 1.89 bits per heavy atom. The molecule has 0 bridgehead atoms. The highest BCUT2D eigenvalue weighted by Crippen LogP contribution is 2.34. The van der Waals surface area contributed by atoms with Crippen LogP contribution in [-0.2, 0) is 0 Å². The number of ether oxygens (including phenoxy) is 1. The van der Waals surface area contributed by atoms with E-state index in [9.17, 15) is 4.79 Å². The van der Waals surface area contributed by atoms with Crippen LogP contribution in [0.1, 0.15) is 0 Å². The van der Waals surface area contributed by atoms with Crippen LogP contribution in [0.25, 0.3) is 10.8 Å². The van der Waals surface area contributed by atoms with E-state index in [2.05, 4.69) is 31.9 Å². The zero-order valence-electron chi connectivity index (χ0n) is 9.91. The SMILES string of the molecule is CN(C)C(=O)Oc1ccc2cc(Br)ccc2c1Br. The van der Waals surface area contributed by atoms with Crippen molar-refractivity contribution < 1.29 is 9.53 Å². The molecule has 2 rings (SSSR count). The fourth-order valence-electron chi connectivity index (χ4n) is 1.51. The maximum Gasteiger partial charge on any atom is 0.414 e. The molecule has 0 aromatic heterocycles. The van der Waals surface area contributed by atoms with Crippen molar-refractivity contribution in [2.75, 3.05) is 14.1 Å². The molecule has 3 nitrogen and oxygen atoms in total. The van der Waals surface area contributed by atoms with Gasteiger partial charge in [0.2, 0.25) is 0 Å². The molecule has 1 amide bonds. The minimum Gasteiger partial charge on any atom is -0.409 e. The van der Waals surface area contributed by atoms with E-state index in [0.717, 1.165) is 19.7 Å². The third-order valence-corrected chi connectivity index (χ3v) is 3.75. The van der Waals surface area contributed by atoms with Gasteiger partial charge in [-0.05, 0) is 44.9 Å². The molecule has 0 aliphatic rings. The topological polar surface area (TPSA) is 29.5 Å². The molecule has 0 aliphatic carbocycles. The van der Waals surface area contributed by atoms with Crippen LogP contribution in [0.15, 0.2) is 39.3 Å². The van der Waals surface area contributed by atoms with E-state index < -0.39 is 6.09 Å². The third-order valence-electron chi connectivity index (χ3n) is 2.44. The van der Waals surface area contributed by atoms with E-state index in [1.54, 1.807) is 20.2 Å². The van der Waals surface area contributed by atoms with Crippen molar-refractivity contribution in [1.82, 2.24) is 4.90 Å². The maximum atomic E-state index is 11.5. The van der Waals surface area contributed by atoms with E-state index >= 15 is 0 Å². The van der Waals surface area contributed by atoms with E-state index in [4.69, 9.17) is 4.74 Å². The average Bonchev–Trinajstić information content (AvgIpc) is 2.32. The monoisotopic (exact) mass is 371 g/mol. The lowest BCUT2D eigenvalue weighted by molar-refractivity contribution is 0.171. The molecule has 0 radical (unpaired) electrons. The van der Waals surface area contributed by atoms with Crippen molar-refractivity contribution in [3.63, 3.8) is 0 Å². The van der Waals surface area contributed by atoms with Crippen LogP contribution in [0.3, 0.4) is 0 Å². The summed E-state index contributed by atoms with van der Waals surface area (Å²) in [5, 5.41) is 2.07. The van der Waals surface area contributed by atoms with Gasteiger partial charge in [-0.25, -0.2) is 4.79 Å². The summed E-state index contributed by atoms with van der Waals surface area (Å²) in [5.74, 6) is 0.517. The van der Waals surface area contributed by atoms with Crippen LogP contribution in [0.4, 0.5) is 4.79 Å². The van der Waals surface area contributed by atoms with E-state index in [1.807, 2.05) is 24.3 Å². The highest BCUT2D eigenvalue weighted by Gasteiger charge is 2.12. The molecule has 0 spiro atoms. The Morgan fingerprint density at radius 1 is 1.17 bits per heavy atom. The maximum absolute atomic E-state index is 11.5. The quantitative estimate of drug-likeness (QED) is 0.741. The smallest absolute Gasteiger partial charge is 0.409 e. The van der Waals surface area contributed by atoms with Crippen LogP contribution in [0, 0.1) is 0 Å². The number of rotatable bonds is 1. The summed E-state index contributed by atoms with van der Waals surface area (Å²) in [5.41, 5.74) is 0. The Balaban J connectivity index is 2.45. The van der Waals surface area contributed by atoms with E-state index in [1.165, 1.54) is 4.90 Å². The fraction of sp³-hybridized carbons (Fsp3) is 0.154. The van der Waals surface area contributed by atoms with Gasteiger partial charge in [-0.2, -0.15) is 0 Å². The lowest BCUT2D eigenvalue weighted by Crippen LogP contribution is -2.25. The minimum absolute atomic E-state index is 0.396. The molecule has 0 fully saturated rings. The van der Waals surface area contributed by atoms with Crippen molar-refractivity contribution in [1.29, 1.82) is 0 Å². The second-order valence-electron chi connectivity index (χ2n) is 4.01. The highest BCUT2D eigenvalue weighted by molar-refractivity contribution is 9.11. The molecule has 5 heteroatoms. The first kappa shape index (κ1) is 13.4. The molecular weight excluding hydrogens is 362 g/mol. The molecular formula is C13H11Br2NO2. The first-order valence-corrected chi connectivity index (χ1v) is 6.84. The van der Waals surface area contributed by atoms with Gasteiger partial charge in [0.1, 0.15) is 5.75 Å². The number of carbonyl (C=O) groups excluding carboxylic acids is 1. The minimum atomic E-state index is -0.396. The molecule has 94 valence electrons. The van der Waals surface area contributed by atoms with Gasteiger partial charge in [-0.1, -0.05) is 28.1 Å². The number of amides is 1. The number of carbonyl (C=O) groups is 1. The van der Waals surface area contributed by atoms with Gasteiger partial charge in [0, 0.05) is 18.6 Å². The van der Waals surface area contributed by atoms with Crippen molar-refractivity contribution >= 4 is 48.7 Å². The number of benzene rings is 2. The summed E-state index contributed by atoms with van der Waals surface area (Å²) < 4.78 is 7.07. The van der Waals surface area contributed by atoms with Gasteiger partial charge >= 0.3 is 6.09 Å². The summed E-state index contributed by atoms with van der Waals surface area (Å²) in [6.45, 7) is 0. The normalized spacial score (nSPS) is 10.4. The molecule has 2 aromatic rings. The van der Waals surface area contributed by atoms with Crippen molar-refractivity contribution in [2.24, 2.45) is 0 Å². The lowest BCUT2D eigenvalue weighted by Gasteiger charge is -2.13. The molecule has 0 unspecified atom stereocenters. The highest BCUT2D eigenvalue weighted by atomic mass is 79.9. The number of nitrogens with zero attached hydrogens (tertiary/aromatic N) is 1. The second-order valence-corrected chi connectivity index (χ2v) is 5.71. The number of hydrogen-bond acceptors (Lipinski definition) is 2. The summed E-state index contributed by atoms with van der Waals surface area (Å²) in [4.78, 5) is 12.9. The van der Waals surface area contributed by atoms with Crippen molar-refractivity contribution in [3.8, 4) is 5.75 Å². The molecule has 18 heavy (non-hydrogen) atoms. The largest absolute Gasteiger partial charge is 0.414 e. The van der Waals surface area contributed by atoms with Crippen molar-refractivity contribution in [2.45, 2.75) is 0 Å². The Labute approximate surface area is 122 Å². The molecule has 0 saturated heterocycles. The summed E-state index contributed by atoms with van der Waals surface area (Å²) in [6, 6.07) is 9.63. The number of hydrogen-bond donors (Lipinski definition) is 0. The van der Waals surface area contributed by atoms with E-state index in [-0.39, 0.29) is 0 Å². The number of fused-ring (bicyclic) bond motifs is 1. The lowest BCUT2D eigenvalue weighted by atomic mass is 10.1. The van der Waals surface area contributed by atoms with Gasteiger partial charge < -0.3 is 9.64 Å². The fourth-order valence-corrected chi connectivity index (χ4v) is 2.46. The predicted molar refractivity (Wildman–Crippen MR) is 79.1 cm³/mol. The first-order chi connectivity index (χ1) is 8.49. The Hall–Kier alpha value is -1.07. The number of halogens is 2. The zero-order chi connectivity index (χ0) is 13.3. The molecule has 2 aromatic carbocycles. The standard InChI is InChI=1S/C13H11Br2NO2/c1-16(2)13(17)18-11-6-3-8-7-9(14)4-5-10(8)12(11)15/h3-7H,1-2H3. The van der Waals surface area contributed by atoms with Crippen LogP contribution in [0.5, 0.6) is 5.75 Å². The van der Waals surface area contributed by atoms with Crippen LogP contribution in [0.2, 0.25) is 0 Å². The van der Waals surface area contributed by atoms with Crippen LogP contribution >= 0.6 is 31.9 Å². The Bertz CT molecular complexity index is 611. The second kappa shape index (κ2) is 5.28. The van der Waals surface area contributed by atoms with Gasteiger partial charge in [-0.15, -0.1) is 0 Å².